The van der Waals surface area contributed by atoms with E-state index >= 15 is 0 Å². The number of benzene rings is 1. The maximum absolute atomic E-state index is 14.0. The molecule has 1 aliphatic carbocycles. The topological polar surface area (TPSA) is 97.0 Å². The number of carbonyl (C=O) groups is 3. The number of aryl methyl sites for hydroxylation is 1. The second-order valence-electron chi connectivity index (χ2n) is 11.3. The van der Waals surface area contributed by atoms with Gasteiger partial charge in [-0.15, -0.1) is 0 Å². The van der Waals surface area contributed by atoms with E-state index in [1.54, 1.807) is 17.0 Å². The van der Waals surface area contributed by atoms with Gasteiger partial charge in [-0.3, -0.25) is 14.4 Å². The molecule has 0 aromatic heterocycles. The van der Waals surface area contributed by atoms with Gasteiger partial charge in [0.15, 0.2) is 0 Å². The highest BCUT2D eigenvalue weighted by Gasteiger charge is 2.72. The number of fused-ring (bicyclic) bond motifs is 1. The third-order valence-electron chi connectivity index (χ3n) is 8.31. The Hall–Kier alpha value is -2.42. The molecule has 5 unspecified atom stereocenters. The lowest BCUT2D eigenvalue weighted by atomic mass is 9.74. The van der Waals surface area contributed by atoms with Gasteiger partial charge in [-0.1, -0.05) is 49.1 Å². The van der Waals surface area contributed by atoms with Crippen LogP contribution in [0.3, 0.4) is 0 Å². The molecule has 3 heterocycles. The summed E-state index contributed by atoms with van der Waals surface area (Å²) in [4.78, 5) is 43.0. The van der Waals surface area contributed by atoms with Gasteiger partial charge in [-0.25, -0.2) is 0 Å². The van der Waals surface area contributed by atoms with Crippen molar-refractivity contribution in [1.82, 2.24) is 10.2 Å². The quantitative estimate of drug-likeness (QED) is 0.362. The summed E-state index contributed by atoms with van der Waals surface area (Å²) in [6.45, 7) is 6.66. The van der Waals surface area contributed by atoms with Gasteiger partial charge in [0.1, 0.15) is 11.6 Å². The number of hydrogen-bond donors (Lipinski definition) is 2. The van der Waals surface area contributed by atoms with Crippen LogP contribution in [0.1, 0.15) is 57.9 Å². The summed E-state index contributed by atoms with van der Waals surface area (Å²) in [5.41, 5.74) is 0.308. The number of nitrogens with one attached hydrogen (secondary N) is 2. The largest absolute Gasteiger partial charge is 0.379 e. The van der Waals surface area contributed by atoms with Crippen molar-refractivity contribution in [1.29, 1.82) is 0 Å². The summed E-state index contributed by atoms with van der Waals surface area (Å²) in [5.74, 6) is -2.24. The van der Waals surface area contributed by atoms with Crippen molar-refractivity contribution >= 4 is 35.0 Å². The van der Waals surface area contributed by atoms with E-state index in [4.69, 9.17) is 21.1 Å². The standard InChI is InChI=1S/C29H38ClN3O5/c1-17(2)37-15-7-14-33-25(27(35)31-19-8-5-4-6-9-19)29-13-12-22(38-29)23(24(29)28(33)36)26(34)32-20-11-10-18(3)21(30)16-20/h10-13,16-17,19,22-25H,4-9,14-15H2,1-3H3,(H,31,35)(H,32,34). The van der Waals surface area contributed by atoms with Crippen molar-refractivity contribution in [2.45, 2.75) is 89.2 Å². The highest BCUT2D eigenvalue weighted by molar-refractivity contribution is 6.31. The lowest BCUT2D eigenvalue weighted by Crippen LogP contribution is -2.56. The molecule has 1 aromatic rings. The van der Waals surface area contributed by atoms with E-state index in [-0.39, 0.29) is 29.9 Å². The predicted octanol–water partition coefficient (Wildman–Crippen LogP) is 4.00. The smallest absolute Gasteiger partial charge is 0.246 e. The zero-order valence-electron chi connectivity index (χ0n) is 22.4. The maximum Gasteiger partial charge on any atom is 0.246 e. The lowest BCUT2D eigenvalue weighted by Gasteiger charge is -2.34. The molecule has 1 spiro atoms. The molecule has 3 fully saturated rings. The number of likely N-dealkylation sites (tertiary alicyclic amines) is 1. The van der Waals surface area contributed by atoms with Crippen LogP contribution in [-0.4, -0.2) is 65.7 Å². The number of nitrogens with zero attached hydrogens (tertiary/aromatic N) is 1. The minimum Gasteiger partial charge on any atom is -0.379 e. The molecule has 3 aliphatic heterocycles. The number of hydrogen-bond acceptors (Lipinski definition) is 5. The van der Waals surface area contributed by atoms with Crippen LogP contribution in [0.25, 0.3) is 0 Å². The summed E-state index contributed by atoms with van der Waals surface area (Å²) >= 11 is 6.26. The molecule has 2 saturated heterocycles. The lowest BCUT2D eigenvalue weighted by molar-refractivity contribution is -0.141. The number of halogens is 1. The van der Waals surface area contributed by atoms with Crippen molar-refractivity contribution in [3.8, 4) is 0 Å². The summed E-state index contributed by atoms with van der Waals surface area (Å²) in [6.07, 6.45) is 9.02. The van der Waals surface area contributed by atoms with E-state index < -0.39 is 29.6 Å². The highest BCUT2D eigenvalue weighted by Crippen LogP contribution is 2.55. The molecule has 5 rings (SSSR count). The Morgan fingerprint density at radius 2 is 1.97 bits per heavy atom. The Kier molecular flexibility index (Phi) is 7.85. The summed E-state index contributed by atoms with van der Waals surface area (Å²) in [7, 11) is 0. The monoisotopic (exact) mass is 543 g/mol. The van der Waals surface area contributed by atoms with E-state index in [0.29, 0.717) is 30.3 Å². The minimum absolute atomic E-state index is 0.0814. The van der Waals surface area contributed by atoms with Crippen molar-refractivity contribution in [3.05, 3.63) is 40.9 Å². The second-order valence-corrected chi connectivity index (χ2v) is 11.7. The fourth-order valence-corrected chi connectivity index (χ4v) is 6.67. The number of ether oxygens (including phenoxy) is 2. The molecule has 2 bridgehead atoms. The minimum atomic E-state index is -1.16. The Morgan fingerprint density at radius 3 is 2.68 bits per heavy atom. The average Bonchev–Trinajstić information content (AvgIpc) is 3.52. The fraction of sp³-hybridized carbons (Fsp3) is 0.621. The van der Waals surface area contributed by atoms with E-state index in [2.05, 4.69) is 10.6 Å². The van der Waals surface area contributed by atoms with Crippen LogP contribution in [0.2, 0.25) is 5.02 Å². The van der Waals surface area contributed by atoms with E-state index in [1.807, 2.05) is 39.0 Å². The van der Waals surface area contributed by atoms with Crippen LogP contribution < -0.4 is 10.6 Å². The van der Waals surface area contributed by atoms with Gasteiger partial charge in [-0.2, -0.15) is 0 Å². The SMILES string of the molecule is Cc1ccc(NC(=O)C2C3C=CC4(O3)C2C(=O)N(CCCOC(C)C)C4C(=O)NC2CCCCC2)cc1Cl. The molecule has 9 heteroatoms. The molecule has 8 nitrogen and oxygen atoms in total. The molecule has 206 valence electrons. The van der Waals surface area contributed by atoms with Crippen LogP contribution in [0.15, 0.2) is 30.4 Å². The zero-order chi connectivity index (χ0) is 27.0. The highest BCUT2D eigenvalue weighted by atomic mass is 35.5. The Balaban J connectivity index is 1.39. The summed E-state index contributed by atoms with van der Waals surface area (Å²) in [5, 5.41) is 6.69. The molecule has 2 N–H and O–H groups in total. The fourth-order valence-electron chi connectivity index (χ4n) is 6.49. The Bertz CT molecular complexity index is 1120. The Labute approximate surface area is 229 Å². The van der Waals surface area contributed by atoms with Gasteiger partial charge < -0.3 is 25.0 Å². The molecule has 3 amide bonds. The van der Waals surface area contributed by atoms with Gasteiger partial charge in [0.25, 0.3) is 0 Å². The van der Waals surface area contributed by atoms with Gasteiger partial charge in [0, 0.05) is 29.9 Å². The zero-order valence-corrected chi connectivity index (χ0v) is 23.1. The second kappa shape index (κ2) is 11.0. The van der Waals surface area contributed by atoms with Gasteiger partial charge in [0.05, 0.1) is 24.0 Å². The summed E-state index contributed by atoms with van der Waals surface area (Å²) in [6, 6.07) is 4.60. The first-order valence-electron chi connectivity index (χ1n) is 13.9. The van der Waals surface area contributed by atoms with Crippen LogP contribution >= 0.6 is 11.6 Å². The number of amides is 3. The van der Waals surface area contributed by atoms with Crippen molar-refractivity contribution < 1.29 is 23.9 Å². The predicted molar refractivity (Wildman–Crippen MR) is 145 cm³/mol. The van der Waals surface area contributed by atoms with Crippen molar-refractivity contribution in [3.63, 3.8) is 0 Å². The molecule has 1 saturated carbocycles. The third kappa shape index (κ3) is 4.98. The molecule has 38 heavy (non-hydrogen) atoms. The van der Waals surface area contributed by atoms with Gasteiger partial charge in [-0.05, 0) is 57.7 Å². The normalized spacial score (nSPS) is 30.2. The number of rotatable bonds is 9. The molecular weight excluding hydrogens is 506 g/mol. The molecule has 5 atom stereocenters. The van der Waals surface area contributed by atoms with E-state index in [9.17, 15) is 14.4 Å². The third-order valence-corrected chi connectivity index (χ3v) is 8.72. The maximum atomic E-state index is 14.0. The van der Waals surface area contributed by atoms with Crippen LogP contribution in [0, 0.1) is 18.8 Å². The number of anilines is 1. The van der Waals surface area contributed by atoms with Crippen molar-refractivity contribution in [2.75, 3.05) is 18.5 Å². The van der Waals surface area contributed by atoms with Crippen LogP contribution in [0.4, 0.5) is 5.69 Å². The van der Waals surface area contributed by atoms with Crippen molar-refractivity contribution in [2.24, 2.45) is 11.8 Å². The van der Waals surface area contributed by atoms with Gasteiger partial charge in [0.2, 0.25) is 17.7 Å². The summed E-state index contributed by atoms with van der Waals surface area (Å²) < 4.78 is 12.1. The Morgan fingerprint density at radius 1 is 1.21 bits per heavy atom. The first kappa shape index (κ1) is 27.2. The van der Waals surface area contributed by atoms with E-state index in [1.165, 1.54) is 6.42 Å². The van der Waals surface area contributed by atoms with Crippen LogP contribution in [0.5, 0.6) is 0 Å². The van der Waals surface area contributed by atoms with Gasteiger partial charge >= 0.3 is 0 Å². The molecule has 4 aliphatic rings. The average molecular weight is 544 g/mol. The molecule has 0 radical (unpaired) electrons. The number of carbonyl (C=O) groups excluding carboxylic acids is 3. The first-order valence-corrected chi connectivity index (χ1v) is 14.3. The molecular formula is C29H38ClN3O5. The first-order chi connectivity index (χ1) is 18.2. The van der Waals surface area contributed by atoms with Crippen LogP contribution in [-0.2, 0) is 23.9 Å². The molecule has 1 aromatic carbocycles. The van der Waals surface area contributed by atoms with E-state index in [0.717, 1.165) is 31.2 Å².